The maximum absolute atomic E-state index is 11.9. The number of esters is 1. The predicted molar refractivity (Wildman–Crippen MR) is 109 cm³/mol. The lowest BCUT2D eigenvalue weighted by molar-refractivity contribution is -0.147. The first-order chi connectivity index (χ1) is 14.8. The van der Waals surface area contributed by atoms with E-state index in [2.05, 4.69) is 15.4 Å². The van der Waals surface area contributed by atoms with E-state index in [9.17, 15) is 15.0 Å². The summed E-state index contributed by atoms with van der Waals surface area (Å²) < 4.78 is 18.4. The van der Waals surface area contributed by atoms with Crippen LogP contribution < -0.4 is 11.1 Å². The average molecular weight is 435 g/mol. The quantitative estimate of drug-likeness (QED) is 0.236. The van der Waals surface area contributed by atoms with Crippen LogP contribution in [0.25, 0.3) is 5.52 Å². The van der Waals surface area contributed by atoms with Gasteiger partial charge in [0.1, 0.15) is 41.8 Å². The van der Waals surface area contributed by atoms with Crippen molar-refractivity contribution in [2.24, 2.45) is 5.92 Å². The minimum absolute atomic E-state index is 0.000993. The number of carbonyl (C=O) groups excluding carboxylic acids is 1. The molecule has 1 saturated carbocycles. The molecule has 5 atom stereocenters. The molecule has 0 bridgehead atoms. The molecule has 2 aromatic heterocycles. The van der Waals surface area contributed by atoms with Gasteiger partial charge < -0.3 is 30.2 Å². The molecule has 1 saturated heterocycles. The van der Waals surface area contributed by atoms with Crippen molar-refractivity contribution >= 4 is 17.3 Å². The van der Waals surface area contributed by atoms with Gasteiger partial charge >= 0.3 is 5.97 Å². The number of nitrogen functional groups attached to an aromatic ring is 1. The number of nitrogens with two attached hydrogens (primary N) is 1. The zero-order valence-electron chi connectivity index (χ0n) is 17.6. The lowest BCUT2D eigenvalue weighted by Crippen LogP contribution is -2.45. The summed E-state index contributed by atoms with van der Waals surface area (Å²) in [6.45, 7) is 3.89. The van der Waals surface area contributed by atoms with Gasteiger partial charge in [-0.15, -0.1) is 0 Å². The van der Waals surface area contributed by atoms with Crippen molar-refractivity contribution in [1.82, 2.24) is 19.9 Å². The van der Waals surface area contributed by atoms with Gasteiger partial charge in [-0.3, -0.25) is 10.1 Å². The van der Waals surface area contributed by atoms with E-state index in [1.165, 1.54) is 10.8 Å². The molecular formula is C20H29N5O6. The van der Waals surface area contributed by atoms with E-state index in [-0.39, 0.29) is 19.3 Å². The van der Waals surface area contributed by atoms with Gasteiger partial charge in [0.15, 0.2) is 5.82 Å². The predicted octanol–water partition coefficient (Wildman–Crippen LogP) is -0.231. The molecule has 1 aliphatic carbocycles. The SMILES string of the molecule is C[C@H](NCOC[C@@]1(C)O[C@@H](c2ccc3c(N)ncnn23)[C@H](O)[C@@H]1O)C(=O)OCC1CC1. The topological polar surface area (TPSA) is 153 Å². The van der Waals surface area contributed by atoms with Gasteiger partial charge in [-0.1, -0.05) is 0 Å². The molecule has 2 fully saturated rings. The lowest BCUT2D eigenvalue weighted by Gasteiger charge is -2.27. The van der Waals surface area contributed by atoms with Crippen molar-refractivity contribution in [3.8, 4) is 0 Å². The molecule has 0 radical (unpaired) electrons. The van der Waals surface area contributed by atoms with Crippen LogP contribution in [0.1, 0.15) is 38.5 Å². The number of ether oxygens (including phenoxy) is 3. The van der Waals surface area contributed by atoms with Crippen molar-refractivity contribution < 1.29 is 29.2 Å². The molecule has 2 aliphatic rings. The van der Waals surface area contributed by atoms with Crippen LogP contribution in [0.15, 0.2) is 18.5 Å². The summed E-state index contributed by atoms with van der Waals surface area (Å²) in [4.78, 5) is 15.9. The number of fused-ring (bicyclic) bond motifs is 1. The van der Waals surface area contributed by atoms with Gasteiger partial charge in [-0.05, 0) is 44.7 Å². The first-order valence-corrected chi connectivity index (χ1v) is 10.4. The van der Waals surface area contributed by atoms with Gasteiger partial charge in [0.2, 0.25) is 0 Å². The minimum Gasteiger partial charge on any atom is -0.464 e. The molecule has 0 unspecified atom stereocenters. The lowest BCUT2D eigenvalue weighted by atomic mass is 9.97. The van der Waals surface area contributed by atoms with Crippen molar-refractivity contribution in [2.45, 2.75) is 56.6 Å². The number of aliphatic hydroxyl groups is 2. The van der Waals surface area contributed by atoms with E-state index in [0.29, 0.717) is 29.6 Å². The van der Waals surface area contributed by atoms with E-state index in [1.807, 2.05) is 0 Å². The van der Waals surface area contributed by atoms with Crippen molar-refractivity contribution in [3.63, 3.8) is 0 Å². The summed E-state index contributed by atoms with van der Waals surface area (Å²) in [7, 11) is 0. The molecule has 3 heterocycles. The monoisotopic (exact) mass is 435 g/mol. The fourth-order valence-electron chi connectivity index (χ4n) is 3.63. The molecule has 1 aliphatic heterocycles. The van der Waals surface area contributed by atoms with E-state index in [1.54, 1.807) is 26.0 Å². The first kappa shape index (κ1) is 21.9. The van der Waals surface area contributed by atoms with Crippen LogP contribution in [0.3, 0.4) is 0 Å². The first-order valence-electron chi connectivity index (χ1n) is 10.4. The summed E-state index contributed by atoms with van der Waals surface area (Å²) >= 11 is 0. The Bertz CT molecular complexity index is 934. The largest absolute Gasteiger partial charge is 0.464 e. The number of aromatic nitrogens is 3. The molecule has 11 heteroatoms. The van der Waals surface area contributed by atoms with E-state index >= 15 is 0 Å². The highest BCUT2D eigenvalue weighted by Crippen LogP contribution is 2.40. The number of nitrogens with zero attached hydrogens (tertiary/aromatic N) is 3. The number of nitrogens with one attached hydrogen (secondary N) is 1. The second-order valence-electron chi connectivity index (χ2n) is 8.48. The van der Waals surface area contributed by atoms with Crippen molar-refractivity contribution in [3.05, 3.63) is 24.2 Å². The van der Waals surface area contributed by atoms with Crippen LogP contribution in [0.4, 0.5) is 5.82 Å². The smallest absolute Gasteiger partial charge is 0.322 e. The number of rotatable bonds is 9. The van der Waals surface area contributed by atoms with Gasteiger partial charge in [0.05, 0.1) is 25.6 Å². The third-order valence-electron chi connectivity index (χ3n) is 5.85. The number of anilines is 1. The highest BCUT2D eigenvalue weighted by molar-refractivity contribution is 5.75. The van der Waals surface area contributed by atoms with E-state index in [0.717, 1.165) is 12.8 Å². The summed E-state index contributed by atoms with van der Waals surface area (Å²) in [6.07, 6.45) is 0.338. The molecule has 0 spiro atoms. The molecule has 11 nitrogen and oxygen atoms in total. The summed E-state index contributed by atoms with van der Waals surface area (Å²) in [6, 6.07) is 2.94. The number of hydrogen-bond donors (Lipinski definition) is 4. The summed E-state index contributed by atoms with van der Waals surface area (Å²) in [5, 5.41) is 28.3. The summed E-state index contributed by atoms with van der Waals surface area (Å²) in [5.41, 5.74) is 5.83. The molecule has 5 N–H and O–H groups in total. The highest BCUT2D eigenvalue weighted by atomic mass is 16.6. The Labute approximate surface area is 179 Å². The molecule has 31 heavy (non-hydrogen) atoms. The van der Waals surface area contributed by atoms with Crippen LogP contribution >= 0.6 is 0 Å². The van der Waals surface area contributed by atoms with Crippen LogP contribution in [-0.2, 0) is 19.0 Å². The van der Waals surface area contributed by atoms with Crippen molar-refractivity contribution in [2.75, 3.05) is 25.7 Å². The van der Waals surface area contributed by atoms with Gasteiger partial charge in [-0.25, -0.2) is 9.50 Å². The number of aliphatic hydroxyl groups excluding tert-OH is 2. The molecule has 0 amide bonds. The number of carbonyl (C=O) groups is 1. The minimum atomic E-state index is -1.19. The van der Waals surface area contributed by atoms with Gasteiger partial charge in [0.25, 0.3) is 0 Å². The third kappa shape index (κ3) is 4.51. The zero-order chi connectivity index (χ0) is 22.2. The third-order valence-corrected chi connectivity index (χ3v) is 5.85. The summed E-state index contributed by atoms with van der Waals surface area (Å²) in [5.74, 6) is 0.486. The highest BCUT2D eigenvalue weighted by Gasteiger charge is 2.52. The fourth-order valence-corrected chi connectivity index (χ4v) is 3.63. The van der Waals surface area contributed by atoms with Crippen LogP contribution in [0.2, 0.25) is 0 Å². The zero-order valence-corrected chi connectivity index (χ0v) is 17.6. The van der Waals surface area contributed by atoms with E-state index in [4.69, 9.17) is 19.9 Å². The van der Waals surface area contributed by atoms with Crippen LogP contribution in [0, 0.1) is 5.92 Å². The Kier molecular flexibility index (Phi) is 6.13. The van der Waals surface area contributed by atoms with Gasteiger partial charge in [0, 0.05) is 0 Å². The fraction of sp³-hybridized carbons (Fsp3) is 0.650. The average Bonchev–Trinajstić information content (AvgIpc) is 3.44. The van der Waals surface area contributed by atoms with Crippen molar-refractivity contribution in [1.29, 1.82) is 0 Å². The molecule has 4 rings (SSSR count). The maximum Gasteiger partial charge on any atom is 0.322 e. The van der Waals surface area contributed by atoms with Crippen LogP contribution in [-0.4, -0.2) is 74.6 Å². The second kappa shape index (κ2) is 8.67. The Balaban J connectivity index is 1.32. The standard InChI is InChI=1S/C20H29N5O6/c1-11(19(28)30-7-12-3-4-12)23-10-29-8-20(2)17(27)15(26)16(31-20)13-5-6-14-18(21)22-9-24-25(13)14/h5-6,9,11-12,15-17,23,26-27H,3-4,7-8,10H2,1-2H3,(H2,21,22,24)/t11-,15-,16-,17-,20+/m0/s1. The van der Waals surface area contributed by atoms with Gasteiger partial charge in [-0.2, -0.15) is 5.10 Å². The van der Waals surface area contributed by atoms with E-state index < -0.39 is 30.0 Å². The second-order valence-corrected chi connectivity index (χ2v) is 8.48. The Hall–Kier alpha value is -2.31. The molecule has 170 valence electrons. The number of hydrogen-bond acceptors (Lipinski definition) is 10. The molecule has 0 aromatic carbocycles. The maximum atomic E-state index is 11.9. The van der Waals surface area contributed by atoms with Crippen LogP contribution in [0.5, 0.6) is 0 Å². The molecule has 2 aromatic rings. The normalized spacial score (nSPS) is 29.4. The Morgan fingerprint density at radius 3 is 2.97 bits per heavy atom. The Morgan fingerprint density at radius 2 is 2.23 bits per heavy atom. The Morgan fingerprint density at radius 1 is 1.45 bits per heavy atom. The molecular weight excluding hydrogens is 406 g/mol.